The molecule has 4 atom stereocenters. The zero-order valence-electron chi connectivity index (χ0n) is 17.9. The Bertz CT molecular complexity index is 762. The van der Waals surface area contributed by atoms with Gasteiger partial charge in [0.05, 0.1) is 5.69 Å². The summed E-state index contributed by atoms with van der Waals surface area (Å²) in [5.41, 5.74) is 5.47. The first-order valence-corrected chi connectivity index (χ1v) is 11.2. The number of rotatable bonds is 6. The van der Waals surface area contributed by atoms with E-state index < -0.39 is 0 Å². The third kappa shape index (κ3) is 3.80. The summed E-state index contributed by atoms with van der Waals surface area (Å²) < 4.78 is 1.95. The molecule has 0 bridgehead atoms. The van der Waals surface area contributed by atoms with Gasteiger partial charge >= 0.3 is 0 Å². The minimum absolute atomic E-state index is 0.0239. The fourth-order valence-electron chi connectivity index (χ4n) is 5.35. The lowest BCUT2D eigenvalue weighted by atomic mass is 9.78. The fourth-order valence-corrected chi connectivity index (χ4v) is 5.35. The van der Waals surface area contributed by atoms with Gasteiger partial charge in [-0.1, -0.05) is 6.92 Å². The quantitative estimate of drug-likeness (QED) is 0.747. The van der Waals surface area contributed by atoms with Crippen LogP contribution < -0.4 is 10.7 Å². The van der Waals surface area contributed by atoms with E-state index in [2.05, 4.69) is 27.8 Å². The van der Waals surface area contributed by atoms with Crippen LogP contribution >= 0.6 is 0 Å². The van der Waals surface area contributed by atoms with E-state index in [4.69, 9.17) is 0 Å². The largest absolute Gasteiger partial charge is 0.352 e. The van der Waals surface area contributed by atoms with Gasteiger partial charge in [0.2, 0.25) is 11.8 Å². The highest BCUT2D eigenvalue weighted by atomic mass is 16.2. The van der Waals surface area contributed by atoms with Gasteiger partial charge in [0, 0.05) is 55.9 Å². The van der Waals surface area contributed by atoms with Crippen LogP contribution in [0.1, 0.15) is 57.2 Å². The molecule has 4 unspecified atom stereocenters. The molecule has 8 nitrogen and oxygen atoms in total. The summed E-state index contributed by atoms with van der Waals surface area (Å²) in [6.45, 7) is 9.17. The van der Waals surface area contributed by atoms with Gasteiger partial charge < -0.3 is 10.2 Å². The highest BCUT2D eigenvalue weighted by molar-refractivity contribution is 5.84. The number of nitrogens with zero attached hydrogens (tertiary/aromatic N) is 4. The van der Waals surface area contributed by atoms with Crippen molar-refractivity contribution in [1.82, 2.24) is 30.4 Å². The van der Waals surface area contributed by atoms with E-state index in [9.17, 15) is 9.59 Å². The van der Waals surface area contributed by atoms with Crippen LogP contribution in [0, 0.1) is 12.8 Å². The van der Waals surface area contributed by atoms with E-state index >= 15 is 0 Å². The number of hydrazine groups is 1. The first-order chi connectivity index (χ1) is 14.0. The van der Waals surface area contributed by atoms with E-state index in [0.29, 0.717) is 19.1 Å². The van der Waals surface area contributed by atoms with Crippen molar-refractivity contribution in [1.29, 1.82) is 0 Å². The average Bonchev–Trinajstić information content (AvgIpc) is 3.33. The Balaban J connectivity index is 1.39. The number of aromatic nitrogens is 2. The number of amides is 2. The molecule has 2 aliphatic heterocycles. The van der Waals surface area contributed by atoms with Crippen LogP contribution in [0.4, 0.5) is 0 Å². The molecule has 1 aliphatic carbocycles. The molecule has 1 aromatic rings. The summed E-state index contributed by atoms with van der Waals surface area (Å²) in [6, 6.07) is 0.413. The van der Waals surface area contributed by atoms with E-state index in [1.807, 2.05) is 29.6 Å². The zero-order valence-corrected chi connectivity index (χ0v) is 17.9. The van der Waals surface area contributed by atoms with Gasteiger partial charge in [-0.3, -0.25) is 19.7 Å². The molecule has 3 aliphatic rings. The highest BCUT2D eigenvalue weighted by Gasteiger charge is 2.50. The Hall–Kier alpha value is -1.93. The minimum atomic E-state index is -0.0387. The van der Waals surface area contributed by atoms with Crippen LogP contribution in [-0.4, -0.2) is 62.7 Å². The van der Waals surface area contributed by atoms with Crippen molar-refractivity contribution in [3.8, 4) is 0 Å². The van der Waals surface area contributed by atoms with Gasteiger partial charge in [-0.15, -0.1) is 0 Å². The second kappa shape index (κ2) is 8.44. The lowest BCUT2D eigenvalue weighted by molar-refractivity contribution is -0.155. The van der Waals surface area contributed by atoms with E-state index in [-0.39, 0.29) is 29.8 Å². The molecule has 4 rings (SSSR count). The monoisotopic (exact) mass is 402 g/mol. The predicted octanol–water partition coefficient (Wildman–Crippen LogP) is 1.20. The molecule has 1 saturated carbocycles. The van der Waals surface area contributed by atoms with E-state index in [1.165, 1.54) is 0 Å². The van der Waals surface area contributed by atoms with Crippen LogP contribution in [0.25, 0.3) is 0 Å². The molecule has 1 aromatic heterocycles. The molecule has 0 radical (unpaired) electrons. The van der Waals surface area contributed by atoms with Crippen molar-refractivity contribution in [2.45, 2.75) is 84.1 Å². The summed E-state index contributed by atoms with van der Waals surface area (Å²) in [5, 5.41) is 9.83. The second-order valence-electron chi connectivity index (χ2n) is 8.61. The molecule has 8 heteroatoms. The van der Waals surface area contributed by atoms with Gasteiger partial charge in [-0.2, -0.15) is 5.10 Å². The first kappa shape index (κ1) is 20.3. The summed E-state index contributed by atoms with van der Waals surface area (Å²) in [6.07, 6.45) is 6.52. The Morgan fingerprint density at radius 2 is 2.10 bits per heavy atom. The number of fused-ring (bicyclic) bond motifs is 3. The van der Waals surface area contributed by atoms with Crippen LogP contribution in [0.2, 0.25) is 0 Å². The smallest absolute Gasteiger partial charge is 0.241 e. The van der Waals surface area contributed by atoms with Gasteiger partial charge in [0.25, 0.3) is 0 Å². The van der Waals surface area contributed by atoms with E-state index in [0.717, 1.165) is 56.5 Å². The van der Waals surface area contributed by atoms with Crippen molar-refractivity contribution in [3.63, 3.8) is 0 Å². The molecule has 160 valence electrons. The lowest BCUT2D eigenvalue weighted by Crippen LogP contribution is -2.68. The number of aryl methyl sites for hydroxylation is 2. The second-order valence-corrected chi connectivity index (χ2v) is 8.61. The molecule has 3 fully saturated rings. The van der Waals surface area contributed by atoms with Gasteiger partial charge in [0.15, 0.2) is 0 Å². The van der Waals surface area contributed by atoms with Crippen molar-refractivity contribution < 1.29 is 9.59 Å². The van der Waals surface area contributed by atoms with Crippen LogP contribution in [0.15, 0.2) is 6.20 Å². The van der Waals surface area contributed by atoms with Crippen molar-refractivity contribution in [3.05, 3.63) is 17.5 Å². The summed E-state index contributed by atoms with van der Waals surface area (Å²) in [4.78, 5) is 27.9. The maximum atomic E-state index is 12.9. The maximum Gasteiger partial charge on any atom is 0.241 e. The number of likely N-dealkylation sites (N-methyl/N-ethyl adjacent to an activating group) is 1. The molecule has 2 saturated heterocycles. The Labute approximate surface area is 173 Å². The number of hydrogen-bond donors (Lipinski definition) is 2. The fraction of sp³-hybridized carbons (Fsp3) is 0.762. The number of carbonyl (C=O) groups excluding carboxylic acids is 2. The highest BCUT2D eigenvalue weighted by Crippen LogP contribution is 2.37. The number of nitrogens with one attached hydrogen (secondary N) is 2. The molecule has 0 spiro atoms. The minimum Gasteiger partial charge on any atom is -0.352 e. The SMILES string of the molecule is CCCn1cc(CNC(=O)C2CCC3C(C2)N(CC)C(=O)C2CCNN23)c(C)n1. The molecular formula is C21H34N6O2. The summed E-state index contributed by atoms with van der Waals surface area (Å²) >= 11 is 0. The Morgan fingerprint density at radius 1 is 1.28 bits per heavy atom. The first-order valence-electron chi connectivity index (χ1n) is 11.2. The summed E-state index contributed by atoms with van der Waals surface area (Å²) in [7, 11) is 0. The van der Waals surface area contributed by atoms with Crippen LogP contribution in [0.5, 0.6) is 0 Å². The van der Waals surface area contributed by atoms with Crippen molar-refractivity contribution in [2.75, 3.05) is 13.1 Å². The van der Waals surface area contributed by atoms with Gasteiger partial charge in [0.1, 0.15) is 6.04 Å². The number of hydrogen-bond acceptors (Lipinski definition) is 5. The van der Waals surface area contributed by atoms with E-state index in [1.54, 1.807) is 0 Å². The molecule has 29 heavy (non-hydrogen) atoms. The topological polar surface area (TPSA) is 82.5 Å². The number of carbonyl (C=O) groups is 2. The zero-order chi connectivity index (χ0) is 20.5. The Kier molecular flexibility index (Phi) is 5.92. The summed E-state index contributed by atoms with van der Waals surface area (Å²) in [5.74, 6) is 0.285. The van der Waals surface area contributed by atoms with Crippen molar-refractivity contribution in [2.24, 2.45) is 5.92 Å². The normalized spacial score (nSPS) is 29.6. The number of piperazine rings is 1. The Morgan fingerprint density at radius 3 is 2.86 bits per heavy atom. The maximum absolute atomic E-state index is 12.9. The molecule has 0 aromatic carbocycles. The third-order valence-corrected chi connectivity index (χ3v) is 6.82. The van der Waals surface area contributed by atoms with Crippen molar-refractivity contribution >= 4 is 11.8 Å². The molecular weight excluding hydrogens is 368 g/mol. The molecule has 2 N–H and O–H groups in total. The van der Waals surface area contributed by atoms with Gasteiger partial charge in [-0.05, 0) is 46.0 Å². The third-order valence-electron chi connectivity index (χ3n) is 6.82. The predicted molar refractivity (Wildman–Crippen MR) is 110 cm³/mol. The van der Waals surface area contributed by atoms with Crippen LogP contribution in [-0.2, 0) is 22.7 Å². The standard InChI is InChI=1S/C21H34N6O2/c1-4-10-25-13-16(14(3)24-25)12-22-20(28)15-6-7-17-19(11-15)26(5-2)21(29)18-8-9-23-27(17)18/h13,15,17-19,23H,4-12H2,1-3H3,(H,22,28). The lowest BCUT2D eigenvalue weighted by Gasteiger charge is -2.51. The van der Waals surface area contributed by atoms with Gasteiger partial charge in [-0.25, -0.2) is 5.01 Å². The molecule has 2 amide bonds. The van der Waals surface area contributed by atoms with Crippen LogP contribution in [0.3, 0.4) is 0 Å². The average molecular weight is 403 g/mol. The molecule has 3 heterocycles.